The van der Waals surface area contributed by atoms with Crippen LogP contribution >= 0.6 is 0 Å². The number of carboxylic acids is 1. The Hall–Kier alpha value is -2.12. The van der Waals surface area contributed by atoms with Crippen LogP contribution in [0.2, 0.25) is 0 Å². The minimum atomic E-state index is -1.05. The first-order valence-electron chi connectivity index (χ1n) is 6.41. The average molecular weight is 285 g/mol. The van der Waals surface area contributed by atoms with E-state index in [0.29, 0.717) is 19.4 Å². The maximum absolute atomic E-state index is 12.3. The second-order valence-corrected chi connectivity index (χ2v) is 4.78. The molecule has 0 aromatic rings. The van der Waals surface area contributed by atoms with Gasteiger partial charge in [-0.3, -0.25) is 19.2 Å². The second-order valence-electron chi connectivity index (χ2n) is 4.78. The summed E-state index contributed by atoms with van der Waals surface area (Å²) in [6.07, 6.45) is 0.888. The highest BCUT2D eigenvalue weighted by Crippen LogP contribution is 2.19. The number of amides is 3. The Morgan fingerprint density at radius 1 is 1.40 bits per heavy atom. The molecule has 0 unspecified atom stereocenters. The van der Waals surface area contributed by atoms with Gasteiger partial charge in [-0.1, -0.05) is 0 Å². The molecule has 0 aromatic carbocycles. The smallest absolute Gasteiger partial charge is 0.303 e. The van der Waals surface area contributed by atoms with Crippen molar-refractivity contribution in [3.63, 3.8) is 0 Å². The molecule has 8 heteroatoms. The topological polar surface area (TPSA) is 130 Å². The first kappa shape index (κ1) is 15.9. The highest BCUT2D eigenvalue weighted by Gasteiger charge is 2.36. The number of hydrogen-bond acceptors (Lipinski definition) is 4. The molecule has 112 valence electrons. The average Bonchev–Trinajstić information content (AvgIpc) is 2.82. The third-order valence-corrected chi connectivity index (χ3v) is 3.19. The molecule has 0 aromatic heterocycles. The van der Waals surface area contributed by atoms with Gasteiger partial charge < -0.3 is 21.1 Å². The first-order chi connectivity index (χ1) is 9.32. The molecule has 8 nitrogen and oxygen atoms in total. The number of likely N-dealkylation sites (tertiary alicyclic amines) is 1. The lowest BCUT2D eigenvalue weighted by Gasteiger charge is -2.27. The van der Waals surface area contributed by atoms with E-state index in [1.54, 1.807) is 0 Å². The van der Waals surface area contributed by atoms with E-state index in [9.17, 15) is 19.2 Å². The Bertz CT molecular complexity index is 423. The lowest BCUT2D eigenvalue weighted by atomic mass is 10.1. The van der Waals surface area contributed by atoms with E-state index in [4.69, 9.17) is 10.8 Å². The van der Waals surface area contributed by atoms with Crippen molar-refractivity contribution in [3.8, 4) is 0 Å². The van der Waals surface area contributed by atoms with E-state index in [2.05, 4.69) is 5.32 Å². The molecule has 0 spiro atoms. The number of aliphatic carboxylic acids is 1. The number of nitrogens with two attached hydrogens (primary N) is 1. The summed E-state index contributed by atoms with van der Waals surface area (Å²) in [5.74, 6) is -2.53. The fourth-order valence-corrected chi connectivity index (χ4v) is 2.30. The first-order valence-corrected chi connectivity index (χ1v) is 6.41. The van der Waals surface area contributed by atoms with Crippen LogP contribution in [0.1, 0.15) is 32.6 Å². The van der Waals surface area contributed by atoms with Crippen molar-refractivity contribution >= 4 is 23.7 Å². The van der Waals surface area contributed by atoms with Crippen molar-refractivity contribution in [2.75, 3.05) is 6.54 Å². The highest BCUT2D eigenvalue weighted by molar-refractivity contribution is 5.92. The van der Waals surface area contributed by atoms with Crippen LogP contribution in [0.5, 0.6) is 0 Å². The van der Waals surface area contributed by atoms with Gasteiger partial charge >= 0.3 is 5.97 Å². The third-order valence-electron chi connectivity index (χ3n) is 3.19. The second kappa shape index (κ2) is 6.88. The van der Waals surface area contributed by atoms with Gasteiger partial charge in [-0.2, -0.15) is 0 Å². The van der Waals surface area contributed by atoms with E-state index in [1.807, 2.05) is 0 Å². The normalized spacial score (nSPS) is 19.4. The van der Waals surface area contributed by atoms with E-state index in [1.165, 1.54) is 11.8 Å². The van der Waals surface area contributed by atoms with Gasteiger partial charge in [0.2, 0.25) is 17.7 Å². The number of primary amides is 1. The molecule has 1 heterocycles. The van der Waals surface area contributed by atoms with Gasteiger partial charge in [-0.05, 0) is 19.3 Å². The molecule has 0 aliphatic carbocycles. The zero-order valence-corrected chi connectivity index (χ0v) is 11.3. The summed E-state index contributed by atoms with van der Waals surface area (Å²) < 4.78 is 0. The fourth-order valence-electron chi connectivity index (χ4n) is 2.30. The van der Waals surface area contributed by atoms with Gasteiger partial charge in [0.25, 0.3) is 0 Å². The Morgan fingerprint density at radius 3 is 2.55 bits per heavy atom. The summed E-state index contributed by atoms with van der Waals surface area (Å²) in [7, 11) is 0. The maximum Gasteiger partial charge on any atom is 0.303 e. The monoisotopic (exact) mass is 285 g/mol. The number of hydrogen-bond donors (Lipinski definition) is 3. The number of rotatable bonds is 6. The van der Waals surface area contributed by atoms with E-state index >= 15 is 0 Å². The Morgan fingerprint density at radius 2 is 2.05 bits per heavy atom. The number of nitrogens with one attached hydrogen (secondary N) is 1. The van der Waals surface area contributed by atoms with Crippen LogP contribution in [0, 0.1) is 0 Å². The molecule has 0 radical (unpaired) electrons. The molecular formula is C12H19N3O5. The summed E-state index contributed by atoms with van der Waals surface area (Å²) in [4.78, 5) is 46.6. The highest BCUT2D eigenvalue weighted by atomic mass is 16.4. The number of carbonyl (C=O) groups is 4. The van der Waals surface area contributed by atoms with Crippen LogP contribution < -0.4 is 11.1 Å². The zero-order valence-electron chi connectivity index (χ0n) is 11.3. The van der Waals surface area contributed by atoms with Crippen molar-refractivity contribution in [2.24, 2.45) is 5.73 Å². The van der Waals surface area contributed by atoms with Crippen LogP contribution in [-0.4, -0.2) is 52.3 Å². The van der Waals surface area contributed by atoms with E-state index in [-0.39, 0.29) is 12.8 Å². The molecule has 0 bridgehead atoms. The fraction of sp³-hybridized carbons (Fsp3) is 0.667. The molecule has 1 rings (SSSR count). The van der Waals surface area contributed by atoms with E-state index < -0.39 is 35.8 Å². The molecule has 4 N–H and O–H groups in total. The quantitative estimate of drug-likeness (QED) is 0.566. The van der Waals surface area contributed by atoms with Crippen molar-refractivity contribution < 1.29 is 24.3 Å². The predicted octanol–water partition coefficient (Wildman–Crippen LogP) is -1.17. The van der Waals surface area contributed by atoms with E-state index in [0.717, 1.165) is 0 Å². The minimum absolute atomic E-state index is 0.0181. The predicted molar refractivity (Wildman–Crippen MR) is 68.4 cm³/mol. The zero-order chi connectivity index (χ0) is 15.3. The van der Waals surface area contributed by atoms with Crippen molar-refractivity contribution in [1.82, 2.24) is 10.2 Å². The molecule has 1 fully saturated rings. The molecule has 0 saturated carbocycles. The summed E-state index contributed by atoms with van der Waals surface area (Å²) in [6, 6.07) is -1.62. The van der Waals surface area contributed by atoms with Gasteiger partial charge in [0, 0.05) is 19.9 Å². The Kier molecular flexibility index (Phi) is 5.48. The van der Waals surface area contributed by atoms with Crippen LogP contribution in [0.3, 0.4) is 0 Å². The number of carboxylic acid groups (broad SMARTS) is 1. The van der Waals surface area contributed by atoms with Crippen molar-refractivity contribution in [2.45, 2.75) is 44.7 Å². The van der Waals surface area contributed by atoms with Gasteiger partial charge in [0.15, 0.2) is 0 Å². The summed E-state index contributed by atoms with van der Waals surface area (Å²) in [5.41, 5.74) is 5.24. The summed E-state index contributed by atoms with van der Waals surface area (Å²) in [5, 5.41) is 11.1. The van der Waals surface area contributed by atoms with Gasteiger partial charge in [-0.15, -0.1) is 0 Å². The van der Waals surface area contributed by atoms with Crippen LogP contribution in [0.15, 0.2) is 0 Å². The molecule has 1 aliphatic heterocycles. The Balaban J connectivity index is 2.77. The Labute approximate surface area is 116 Å². The number of carbonyl (C=O) groups excluding carboxylic acids is 3. The SMILES string of the molecule is CC(=O)N[C@@H](CCC(=O)O)C(=O)N1CCC[C@H]1C(N)=O. The lowest BCUT2D eigenvalue weighted by molar-refractivity contribution is -0.142. The van der Waals surface area contributed by atoms with Crippen LogP contribution in [-0.2, 0) is 19.2 Å². The van der Waals surface area contributed by atoms with Crippen LogP contribution in [0.25, 0.3) is 0 Å². The third kappa shape index (κ3) is 4.22. The lowest BCUT2D eigenvalue weighted by Crippen LogP contribution is -2.52. The molecule has 2 atom stereocenters. The molecular weight excluding hydrogens is 266 g/mol. The van der Waals surface area contributed by atoms with Gasteiger partial charge in [0.05, 0.1) is 0 Å². The van der Waals surface area contributed by atoms with Gasteiger partial charge in [-0.25, -0.2) is 0 Å². The molecule has 3 amide bonds. The summed E-state index contributed by atoms with van der Waals surface area (Å²) >= 11 is 0. The molecule has 1 aliphatic rings. The van der Waals surface area contributed by atoms with Crippen molar-refractivity contribution in [3.05, 3.63) is 0 Å². The number of nitrogens with zero attached hydrogens (tertiary/aromatic N) is 1. The standard InChI is InChI=1S/C12H19N3O5/c1-7(16)14-8(4-5-10(17)18)12(20)15-6-2-3-9(15)11(13)19/h8-9H,2-6H2,1H3,(H2,13,19)(H,14,16)(H,17,18)/t8-,9-/m0/s1. The maximum atomic E-state index is 12.3. The largest absolute Gasteiger partial charge is 0.481 e. The molecule has 1 saturated heterocycles. The van der Waals surface area contributed by atoms with Crippen molar-refractivity contribution in [1.29, 1.82) is 0 Å². The van der Waals surface area contributed by atoms with Gasteiger partial charge in [0.1, 0.15) is 12.1 Å². The molecule has 20 heavy (non-hydrogen) atoms. The van der Waals surface area contributed by atoms with Crippen LogP contribution in [0.4, 0.5) is 0 Å². The minimum Gasteiger partial charge on any atom is -0.481 e. The summed E-state index contributed by atoms with van der Waals surface area (Å²) in [6.45, 7) is 1.63.